The van der Waals surface area contributed by atoms with Crippen molar-refractivity contribution < 1.29 is 48.9 Å². The number of hydrogen-bond donors (Lipinski definition) is 0. The monoisotopic (exact) mass is 344 g/mol. The predicted molar refractivity (Wildman–Crippen MR) is 88.3 cm³/mol. The molecule has 118 valence electrons. The smallest absolute Gasteiger partial charge is 0.412 e. The van der Waals surface area contributed by atoms with E-state index < -0.39 is 0 Å². The van der Waals surface area contributed by atoms with Crippen LogP contribution in [0.4, 0.5) is 0 Å². The Labute approximate surface area is 157 Å². The zero-order chi connectivity index (χ0) is 12.6. The van der Waals surface area contributed by atoms with E-state index in [9.17, 15) is 0 Å². The molecule has 0 unspecified atom stereocenters. The third-order valence-electron chi connectivity index (χ3n) is 0. The Morgan fingerprint density at radius 3 is 0.526 bits per heavy atom. The molecule has 0 bridgehead atoms. The van der Waals surface area contributed by atoms with Crippen molar-refractivity contribution in [2.45, 2.75) is 69.2 Å². The van der Waals surface area contributed by atoms with Gasteiger partial charge in [0.25, 0.3) is 0 Å². The van der Waals surface area contributed by atoms with Crippen molar-refractivity contribution in [3.8, 4) is 0 Å². The standard InChI is InChI=1S/2C4H9.2C3H7.2CH3.H2O.2Ti/c2*1-4(2)3;2*1-3-2;;;;;/h2*1-3H3;2*3H,1-2H3;2*1H3;1H2;;/q6*-1;;2*+3. The van der Waals surface area contributed by atoms with E-state index in [1.54, 1.807) is 0 Å². The van der Waals surface area contributed by atoms with Gasteiger partial charge in [0.2, 0.25) is 0 Å². The van der Waals surface area contributed by atoms with E-state index in [1.165, 1.54) is 11.8 Å². The van der Waals surface area contributed by atoms with E-state index in [4.69, 9.17) is 0 Å². The Morgan fingerprint density at radius 2 is 0.526 bits per heavy atom. The predicted octanol–water partition coefficient (Wildman–Crippen LogP) is 5.77. The first-order valence-corrected chi connectivity index (χ1v) is 5.31. The molecule has 0 heterocycles. The molecule has 0 fully saturated rings. The minimum atomic E-state index is 0. The summed E-state index contributed by atoms with van der Waals surface area (Å²) in [7, 11) is 0. The largest absolute Gasteiger partial charge is 3.00 e. The molecule has 0 aromatic heterocycles. The van der Waals surface area contributed by atoms with Crippen LogP contribution in [-0.4, -0.2) is 5.48 Å². The molecule has 2 N–H and O–H groups in total. The SMILES string of the molecule is C[C-](C)C.C[C-](C)C.C[CH-]C.C[CH-]C.O.[CH3-].[CH3-].[Ti+3].[Ti+3]. The second-order valence-electron chi connectivity index (χ2n) is 4.15. The molecule has 1 nitrogen and oxygen atoms in total. The zero-order valence-electron chi connectivity index (χ0n) is 15.7. The second-order valence-corrected chi connectivity index (χ2v) is 4.15. The van der Waals surface area contributed by atoms with Gasteiger partial charge in [-0.15, -0.1) is 0 Å². The van der Waals surface area contributed by atoms with Crippen LogP contribution in [0.1, 0.15) is 69.2 Å². The molecule has 0 aromatic rings. The normalized spacial score (nSPS) is 5.68. The van der Waals surface area contributed by atoms with Crippen LogP contribution >= 0.6 is 0 Å². The molecule has 0 aliphatic heterocycles. The van der Waals surface area contributed by atoms with Gasteiger partial charge in [-0.2, -0.15) is 69.2 Å². The van der Waals surface area contributed by atoms with Gasteiger partial charge in [0.05, 0.1) is 0 Å². The Hall–Kier alpha value is 1.39. The molecule has 0 saturated heterocycles. The first-order chi connectivity index (χ1) is 6.29. The Bertz CT molecular complexity index is 45.2. The molecule has 0 rings (SSSR count). The third-order valence-corrected chi connectivity index (χ3v) is 0. The van der Waals surface area contributed by atoms with Gasteiger partial charge in [-0.3, -0.25) is 0 Å². The van der Waals surface area contributed by atoms with Gasteiger partial charge in [0, 0.05) is 0 Å². The fourth-order valence-corrected chi connectivity index (χ4v) is 0. The summed E-state index contributed by atoms with van der Waals surface area (Å²) in [6, 6.07) is 0. The van der Waals surface area contributed by atoms with Crippen molar-refractivity contribution in [3.05, 3.63) is 39.5 Å². The van der Waals surface area contributed by atoms with Crippen molar-refractivity contribution in [2.24, 2.45) is 0 Å². The Kier molecular flexibility index (Phi) is 231. The van der Waals surface area contributed by atoms with Crippen LogP contribution in [0, 0.1) is 39.5 Å². The van der Waals surface area contributed by atoms with Crippen LogP contribution in [0.15, 0.2) is 0 Å². The Morgan fingerprint density at radius 1 is 0.526 bits per heavy atom. The molecule has 0 aliphatic rings. The van der Waals surface area contributed by atoms with Gasteiger partial charge in [0.15, 0.2) is 0 Å². The topological polar surface area (TPSA) is 31.5 Å². The van der Waals surface area contributed by atoms with Crippen molar-refractivity contribution >= 4 is 0 Å². The van der Waals surface area contributed by atoms with E-state index in [0.717, 1.165) is 0 Å². The summed E-state index contributed by atoms with van der Waals surface area (Å²) in [6.45, 7) is 20.5. The van der Waals surface area contributed by atoms with E-state index in [1.807, 2.05) is 40.5 Å². The fourth-order valence-electron chi connectivity index (χ4n) is 0. The third kappa shape index (κ3) is 3040. The van der Waals surface area contributed by atoms with Crippen LogP contribution in [0.5, 0.6) is 0 Å². The van der Waals surface area contributed by atoms with Crippen molar-refractivity contribution in [3.63, 3.8) is 0 Å². The molecular weight excluding hydrogens is 304 g/mol. The first-order valence-electron chi connectivity index (χ1n) is 5.31. The average Bonchev–Trinajstić information content (AvgIpc) is 1.85. The summed E-state index contributed by atoms with van der Waals surface area (Å²) in [5.74, 6) is 2.83. The Balaban J connectivity index is -0.00000000929. The second kappa shape index (κ2) is 74.4. The average molecular weight is 344 g/mol. The fraction of sp³-hybridized carbons (Fsp3) is 0.625. The van der Waals surface area contributed by atoms with Crippen LogP contribution in [-0.2, 0) is 43.4 Å². The van der Waals surface area contributed by atoms with Crippen LogP contribution in [0.25, 0.3) is 0 Å². The first kappa shape index (κ1) is 59.1. The summed E-state index contributed by atoms with van der Waals surface area (Å²) in [5.41, 5.74) is 0. The van der Waals surface area contributed by atoms with Crippen LogP contribution in [0.2, 0.25) is 0 Å². The van der Waals surface area contributed by atoms with E-state index in [2.05, 4.69) is 41.5 Å². The minimum Gasteiger partial charge on any atom is -0.412 e. The molecule has 0 saturated carbocycles. The summed E-state index contributed by atoms with van der Waals surface area (Å²) < 4.78 is 0. The van der Waals surface area contributed by atoms with E-state index in [-0.39, 0.29) is 63.8 Å². The minimum absolute atomic E-state index is 0. The molecular formula is C16H40OTi2. The van der Waals surface area contributed by atoms with Gasteiger partial charge in [-0.05, 0) is 0 Å². The van der Waals surface area contributed by atoms with Crippen molar-refractivity contribution in [1.82, 2.24) is 0 Å². The van der Waals surface area contributed by atoms with Gasteiger partial charge in [-0.1, -0.05) is 0 Å². The van der Waals surface area contributed by atoms with Gasteiger partial charge in [-0.25, -0.2) is 0 Å². The number of rotatable bonds is 0. The van der Waals surface area contributed by atoms with Gasteiger partial charge < -0.3 is 45.0 Å². The van der Waals surface area contributed by atoms with Crippen molar-refractivity contribution in [2.75, 3.05) is 0 Å². The van der Waals surface area contributed by atoms with Gasteiger partial charge >= 0.3 is 43.4 Å². The van der Waals surface area contributed by atoms with Crippen molar-refractivity contribution in [1.29, 1.82) is 0 Å². The van der Waals surface area contributed by atoms with E-state index in [0.29, 0.717) is 0 Å². The molecule has 2 radical (unpaired) electrons. The molecule has 0 aliphatic carbocycles. The van der Waals surface area contributed by atoms with Crippen LogP contribution in [0.3, 0.4) is 0 Å². The summed E-state index contributed by atoms with van der Waals surface area (Å²) in [4.78, 5) is 0. The molecule has 0 amide bonds. The van der Waals surface area contributed by atoms with E-state index >= 15 is 0 Å². The quantitative estimate of drug-likeness (QED) is 0.394. The molecule has 0 aromatic carbocycles. The molecule has 0 spiro atoms. The summed E-state index contributed by atoms with van der Waals surface area (Å²) in [6.07, 6.45) is 4.00. The van der Waals surface area contributed by atoms with Crippen LogP contribution < -0.4 is 0 Å². The zero-order valence-corrected chi connectivity index (χ0v) is 18.8. The maximum absolute atomic E-state index is 2.08. The molecule has 3 heteroatoms. The maximum atomic E-state index is 2.08. The molecule has 19 heavy (non-hydrogen) atoms. The van der Waals surface area contributed by atoms with Gasteiger partial charge in [0.1, 0.15) is 0 Å². The molecule has 0 atom stereocenters. The number of hydrogen-bond acceptors (Lipinski definition) is 0. The maximum Gasteiger partial charge on any atom is 3.00 e. The summed E-state index contributed by atoms with van der Waals surface area (Å²) >= 11 is 0. The summed E-state index contributed by atoms with van der Waals surface area (Å²) in [5, 5.41) is 0.